The molecule has 1 heterocycles. The van der Waals surface area contributed by atoms with Crippen molar-refractivity contribution in [1.82, 2.24) is 9.78 Å². The lowest BCUT2D eigenvalue weighted by Gasteiger charge is -2.05. The van der Waals surface area contributed by atoms with Crippen molar-refractivity contribution < 1.29 is 4.92 Å². The summed E-state index contributed by atoms with van der Waals surface area (Å²) in [6.07, 6.45) is 1.66. The molecular formula is C11H10ClN3O2. The van der Waals surface area contributed by atoms with Gasteiger partial charge in [0.1, 0.15) is 0 Å². The molecule has 0 aliphatic rings. The van der Waals surface area contributed by atoms with E-state index in [-0.39, 0.29) is 5.69 Å². The Kier molecular flexibility index (Phi) is 3.10. The fourth-order valence-electron chi connectivity index (χ4n) is 1.57. The van der Waals surface area contributed by atoms with Gasteiger partial charge in [-0.1, -0.05) is 11.6 Å². The van der Waals surface area contributed by atoms with Gasteiger partial charge >= 0.3 is 0 Å². The Morgan fingerprint density at radius 2 is 2.24 bits per heavy atom. The molecule has 88 valence electrons. The van der Waals surface area contributed by atoms with Crippen LogP contribution in [0, 0.1) is 17.0 Å². The van der Waals surface area contributed by atoms with E-state index in [0.29, 0.717) is 17.1 Å². The molecule has 0 radical (unpaired) electrons. The summed E-state index contributed by atoms with van der Waals surface area (Å²) >= 11 is 5.75. The third-order valence-electron chi connectivity index (χ3n) is 2.49. The average molecular weight is 252 g/mol. The van der Waals surface area contributed by atoms with E-state index >= 15 is 0 Å². The number of benzene rings is 1. The maximum absolute atomic E-state index is 10.9. The van der Waals surface area contributed by atoms with Crippen LogP contribution in [-0.4, -0.2) is 14.7 Å². The summed E-state index contributed by atoms with van der Waals surface area (Å²) in [4.78, 5) is 10.5. The minimum absolute atomic E-state index is 0.0207. The molecule has 0 fully saturated rings. The van der Waals surface area contributed by atoms with Crippen molar-refractivity contribution in [2.24, 2.45) is 0 Å². The number of hydrogen-bond donors (Lipinski definition) is 0. The summed E-state index contributed by atoms with van der Waals surface area (Å²) in [5, 5.41) is 15.4. The average Bonchev–Trinajstić information content (AvgIpc) is 2.67. The van der Waals surface area contributed by atoms with Crippen molar-refractivity contribution in [2.45, 2.75) is 13.5 Å². The number of rotatable bonds is 3. The number of nitro benzene ring substituents is 1. The SMILES string of the molecule is Cc1ccnn1Cc1ccc(Cl)cc1[N+](=O)[O-]. The molecule has 0 saturated carbocycles. The Morgan fingerprint density at radius 3 is 2.82 bits per heavy atom. The normalized spacial score (nSPS) is 10.5. The second kappa shape index (κ2) is 4.55. The molecule has 0 aliphatic carbocycles. The molecule has 5 nitrogen and oxygen atoms in total. The molecule has 0 aliphatic heterocycles. The lowest BCUT2D eigenvalue weighted by molar-refractivity contribution is -0.385. The molecule has 2 rings (SSSR count). The van der Waals surface area contributed by atoms with Gasteiger partial charge in [-0.05, 0) is 25.1 Å². The minimum Gasteiger partial charge on any atom is -0.265 e. The van der Waals surface area contributed by atoms with Gasteiger partial charge in [0.25, 0.3) is 5.69 Å². The highest BCUT2D eigenvalue weighted by molar-refractivity contribution is 6.30. The van der Waals surface area contributed by atoms with Gasteiger partial charge < -0.3 is 0 Å². The Bertz CT molecular complexity index is 566. The van der Waals surface area contributed by atoms with Crippen LogP contribution in [0.4, 0.5) is 5.69 Å². The number of halogens is 1. The van der Waals surface area contributed by atoms with Gasteiger partial charge in [-0.25, -0.2) is 0 Å². The predicted molar refractivity (Wildman–Crippen MR) is 64.2 cm³/mol. The van der Waals surface area contributed by atoms with Gasteiger partial charge in [0.05, 0.1) is 17.0 Å². The molecular weight excluding hydrogens is 242 g/mol. The number of nitrogens with zero attached hydrogens (tertiary/aromatic N) is 3. The smallest absolute Gasteiger partial charge is 0.265 e. The minimum atomic E-state index is -0.431. The summed E-state index contributed by atoms with van der Waals surface area (Å²) in [5.41, 5.74) is 1.56. The molecule has 1 aromatic carbocycles. The molecule has 1 aromatic heterocycles. The first kappa shape index (κ1) is 11.6. The van der Waals surface area contributed by atoms with Gasteiger partial charge in [-0.2, -0.15) is 5.10 Å². The van der Waals surface area contributed by atoms with E-state index in [9.17, 15) is 10.1 Å². The van der Waals surface area contributed by atoms with Crippen LogP contribution < -0.4 is 0 Å². The molecule has 0 amide bonds. The molecule has 6 heteroatoms. The molecule has 0 unspecified atom stereocenters. The van der Waals surface area contributed by atoms with E-state index < -0.39 is 4.92 Å². The quantitative estimate of drug-likeness (QED) is 0.622. The summed E-state index contributed by atoms with van der Waals surface area (Å²) < 4.78 is 1.70. The van der Waals surface area contributed by atoms with Crippen LogP contribution in [0.1, 0.15) is 11.3 Å². The number of nitro groups is 1. The predicted octanol–water partition coefficient (Wildman–Crippen LogP) is 2.80. The number of aryl methyl sites for hydroxylation is 1. The third-order valence-corrected chi connectivity index (χ3v) is 2.73. The molecule has 0 bridgehead atoms. The van der Waals surface area contributed by atoms with Gasteiger partial charge in [0.15, 0.2) is 0 Å². The van der Waals surface area contributed by atoms with Crippen LogP contribution in [0.3, 0.4) is 0 Å². The lowest BCUT2D eigenvalue weighted by Crippen LogP contribution is -2.06. The Morgan fingerprint density at radius 1 is 1.47 bits per heavy atom. The van der Waals surface area contributed by atoms with Crippen LogP contribution >= 0.6 is 11.6 Å². The first-order valence-electron chi connectivity index (χ1n) is 4.99. The Labute approximate surface area is 103 Å². The highest BCUT2D eigenvalue weighted by atomic mass is 35.5. The largest absolute Gasteiger partial charge is 0.275 e. The fraction of sp³-hybridized carbons (Fsp3) is 0.182. The lowest BCUT2D eigenvalue weighted by atomic mass is 10.2. The van der Waals surface area contributed by atoms with E-state index in [2.05, 4.69) is 5.10 Å². The zero-order valence-corrected chi connectivity index (χ0v) is 9.89. The molecule has 0 atom stereocenters. The maximum Gasteiger partial charge on any atom is 0.275 e. The van der Waals surface area contributed by atoms with Crippen LogP contribution in [0.5, 0.6) is 0 Å². The van der Waals surface area contributed by atoms with Crippen molar-refractivity contribution >= 4 is 17.3 Å². The molecule has 0 N–H and O–H groups in total. The molecule has 0 spiro atoms. The number of hydrogen-bond acceptors (Lipinski definition) is 3. The van der Waals surface area contributed by atoms with Crippen molar-refractivity contribution in [3.05, 3.63) is 56.9 Å². The van der Waals surface area contributed by atoms with Crippen LogP contribution in [-0.2, 0) is 6.54 Å². The van der Waals surface area contributed by atoms with E-state index in [1.807, 2.05) is 13.0 Å². The van der Waals surface area contributed by atoms with Crippen LogP contribution in [0.25, 0.3) is 0 Å². The van der Waals surface area contributed by atoms with Gasteiger partial charge in [-0.3, -0.25) is 14.8 Å². The van der Waals surface area contributed by atoms with Crippen molar-refractivity contribution in [1.29, 1.82) is 0 Å². The monoisotopic (exact) mass is 251 g/mol. The summed E-state index contributed by atoms with van der Waals surface area (Å²) in [6.45, 7) is 2.26. The third kappa shape index (κ3) is 2.45. The second-order valence-electron chi connectivity index (χ2n) is 3.66. The number of aromatic nitrogens is 2. The van der Waals surface area contributed by atoms with Crippen molar-refractivity contribution in [2.75, 3.05) is 0 Å². The van der Waals surface area contributed by atoms with E-state index in [1.165, 1.54) is 6.07 Å². The van der Waals surface area contributed by atoms with Gasteiger partial charge in [0, 0.05) is 23.0 Å². The highest BCUT2D eigenvalue weighted by Crippen LogP contribution is 2.24. The van der Waals surface area contributed by atoms with E-state index in [1.54, 1.807) is 23.0 Å². The summed E-state index contributed by atoms with van der Waals surface area (Å²) in [7, 11) is 0. The highest BCUT2D eigenvalue weighted by Gasteiger charge is 2.15. The standard InChI is InChI=1S/C11H10ClN3O2/c1-8-4-5-13-14(8)7-9-2-3-10(12)6-11(9)15(16)17/h2-6H,7H2,1H3. The van der Waals surface area contributed by atoms with E-state index in [0.717, 1.165) is 5.69 Å². The zero-order chi connectivity index (χ0) is 12.4. The molecule has 17 heavy (non-hydrogen) atoms. The Balaban J connectivity index is 2.39. The first-order chi connectivity index (χ1) is 8.08. The maximum atomic E-state index is 10.9. The van der Waals surface area contributed by atoms with Crippen molar-refractivity contribution in [3.63, 3.8) is 0 Å². The van der Waals surface area contributed by atoms with Gasteiger partial charge in [0.2, 0.25) is 0 Å². The zero-order valence-electron chi connectivity index (χ0n) is 9.13. The summed E-state index contributed by atoms with van der Waals surface area (Å²) in [6, 6.07) is 6.50. The molecule has 2 aromatic rings. The van der Waals surface area contributed by atoms with Crippen LogP contribution in [0.2, 0.25) is 5.02 Å². The van der Waals surface area contributed by atoms with Crippen LogP contribution in [0.15, 0.2) is 30.5 Å². The van der Waals surface area contributed by atoms with E-state index in [4.69, 9.17) is 11.6 Å². The Hall–Kier alpha value is -1.88. The first-order valence-corrected chi connectivity index (χ1v) is 5.37. The fourth-order valence-corrected chi connectivity index (χ4v) is 1.73. The topological polar surface area (TPSA) is 61.0 Å². The second-order valence-corrected chi connectivity index (χ2v) is 4.10. The van der Waals surface area contributed by atoms with Gasteiger partial charge in [-0.15, -0.1) is 0 Å². The summed E-state index contributed by atoms with van der Waals surface area (Å²) in [5.74, 6) is 0. The van der Waals surface area contributed by atoms with Crippen molar-refractivity contribution in [3.8, 4) is 0 Å². The molecule has 0 saturated heterocycles.